The van der Waals surface area contributed by atoms with E-state index >= 15 is 0 Å². The fourth-order valence-corrected chi connectivity index (χ4v) is 2.60. The molecule has 0 radical (unpaired) electrons. The van der Waals surface area contributed by atoms with E-state index in [1.165, 1.54) is 5.56 Å². The highest BCUT2D eigenvalue weighted by Crippen LogP contribution is 2.32. The Hall–Kier alpha value is -0.960. The van der Waals surface area contributed by atoms with E-state index in [-0.39, 0.29) is 5.91 Å². The molecule has 0 saturated carbocycles. The van der Waals surface area contributed by atoms with Crippen LogP contribution < -0.4 is 4.90 Å². The summed E-state index contributed by atoms with van der Waals surface area (Å²) >= 11 is 4.30. The maximum atomic E-state index is 12.0. The lowest BCUT2D eigenvalue weighted by atomic mass is 10.0. The van der Waals surface area contributed by atoms with Crippen molar-refractivity contribution in [2.75, 3.05) is 17.2 Å². The molecule has 0 aromatic heterocycles. The smallest absolute Gasteiger partial charge is 0.227 e. The quantitative estimate of drug-likeness (QED) is 0.816. The third-order valence-electron chi connectivity index (χ3n) is 3.31. The zero-order valence-corrected chi connectivity index (χ0v) is 11.3. The van der Waals surface area contributed by atoms with Crippen molar-refractivity contribution in [2.45, 2.75) is 26.2 Å². The third-order valence-corrected chi connectivity index (χ3v) is 3.83. The number of carbonyl (C=O) groups is 1. The van der Waals surface area contributed by atoms with Gasteiger partial charge in [0.2, 0.25) is 5.91 Å². The minimum Gasteiger partial charge on any atom is -0.312 e. The number of hydrogen-bond donors (Lipinski definition) is 1. The zero-order valence-electron chi connectivity index (χ0n) is 10.4. The fraction of sp³-hybridized carbons (Fsp3) is 0.500. The molecule has 1 amide bonds. The van der Waals surface area contributed by atoms with Gasteiger partial charge in [0.15, 0.2) is 0 Å². The largest absolute Gasteiger partial charge is 0.312 e. The van der Waals surface area contributed by atoms with Crippen LogP contribution in [-0.2, 0) is 4.79 Å². The molecule has 1 heterocycles. The Morgan fingerprint density at radius 3 is 2.71 bits per heavy atom. The van der Waals surface area contributed by atoms with E-state index in [1.807, 2.05) is 23.1 Å². The van der Waals surface area contributed by atoms with Crippen LogP contribution in [0.3, 0.4) is 0 Å². The van der Waals surface area contributed by atoms with E-state index in [0.717, 1.165) is 18.0 Å². The highest BCUT2D eigenvalue weighted by molar-refractivity contribution is 7.80. The molecule has 1 saturated heterocycles. The van der Waals surface area contributed by atoms with Crippen molar-refractivity contribution in [1.82, 2.24) is 0 Å². The summed E-state index contributed by atoms with van der Waals surface area (Å²) in [4.78, 5) is 13.9. The normalized spacial score (nSPS) is 20.4. The molecule has 0 bridgehead atoms. The van der Waals surface area contributed by atoms with E-state index in [9.17, 15) is 4.79 Å². The third kappa shape index (κ3) is 2.49. The molecule has 1 unspecified atom stereocenters. The Balaban J connectivity index is 2.31. The summed E-state index contributed by atoms with van der Waals surface area (Å²) in [5.74, 6) is 1.85. The van der Waals surface area contributed by atoms with Gasteiger partial charge < -0.3 is 4.90 Å². The number of benzene rings is 1. The molecule has 1 aliphatic heterocycles. The van der Waals surface area contributed by atoms with E-state index < -0.39 is 0 Å². The van der Waals surface area contributed by atoms with Crippen LogP contribution in [0.2, 0.25) is 0 Å². The van der Waals surface area contributed by atoms with Crippen molar-refractivity contribution in [2.24, 2.45) is 5.92 Å². The van der Waals surface area contributed by atoms with Crippen LogP contribution in [0.4, 0.5) is 5.69 Å². The van der Waals surface area contributed by atoms with Crippen molar-refractivity contribution >= 4 is 24.2 Å². The monoisotopic (exact) mass is 249 g/mol. The van der Waals surface area contributed by atoms with Crippen molar-refractivity contribution in [3.63, 3.8) is 0 Å². The molecule has 0 N–H and O–H groups in total. The van der Waals surface area contributed by atoms with Crippen LogP contribution in [0.1, 0.15) is 31.7 Å². The van der Waals surface area contributed by atoms with Crippen LogP contribution in [0.25, 0.3) is 0 Å². The van der Waals surface area contributed by atoms with Crippen molar-refractivity contribution < 1.29 is 4.79 Å². The van der Waals surface area contributed by atoms with E-state index in [4.69, 9.17) is 0 Å². The molecule has 0 aliphatic carbocycles. The van der Waals surface area contributed by atoms with Gasteiger partial charge in [-0.1, -0.05) is 32.0 Å². The summed E-state index contributed by atoms with van der Waals surface area (Å²) in [5, 5.41) is 0. The maximum absolute atomic E-state index is 12.0. The summed E-state index contributed by atoms with van der Waals surface area (Å²) < 4.78 is 0. The molecule has 1 aromatic carbocycles. The summed E-state index contributed by atoms with van der Waals surface area (Å²) in [6.07, 6.45) is 0.635. The van der Waals surface area contributed by atoms with Crippen LogP contribution in [0.5, 0.6) is 0 Å². The predicted molar refractivity (Wildman–Crippen MR) is 74.8 cm³/mol. The molecule has 2 nitrogen and oxygen atoms in total. The molecule has 3 heteroatoms. The number of rotatable bonds is 3. The van der Waals surface area contributed by atoms with Crippen molar-refractivity contribution in [1.29, 1.82) is 0 Å². The van der Waals surface area contributed by atoms with Gasteiger partial charge in [-0.25, -0.2) is 0 Å². The van der Waals surface area contributed by atoms with Gasteiger partial charge in [-0.3, -0.25) is 4.79 Å². The lowest BCUT2D eigenvalue weighted by molar-refractivity contribution is -0.117. The molecule has 17 heavy (non-hydrogen) atoms. The van der Waals surface area contributed by atoms with Crippen molar-refractivity contribution in [3.05, 3.63) is 29.8 Å². The van der Waals surface area contributed by atoms with Crippen LogP contribution in [0, 0.1) is 5.92 Å². The number of carbonyl (C=O) groups excluding carboxylic acids is 1. The number of anilines is 1. The molecular formula is C14H19NOS. The Morgan fingerprint density at radius 1 is 1.41 bits per heavy atom. The Labute approximate surface area is 108 Å². The standard InChI is InChI=1S/C14H19NOS/c1-10(2)12-5-3-4-6-13(12)15-8-11(9-17)7-14(15)16/h3-6,10-11,17H,7-9H2,1-2H3. The van der Waals surface area contributed by atoms with Crippen LogP contribution in [0.15, 0.2) is 24.3 Å². The van der Waals surface area contributed by atoms with Crippen LogP contribution in [-0.4, -0.2) is 18.2 Å². The molecule has 92 valence electrons. The molecule has 1 fully saturated rings. The lowest BCUT2D eigenvalue weighted by Gasteiger charge is -2.22. The SMILES string of the molecule is CC(C)c1ccccc1N1CC(CS)CC1=O. The molecule has 1 atom stereocenters. The van der Waals surface area contributed by atoms with Gasteiger partial charge in [0, 0.05) is 18.7 Å². The zero-order chi connectivity index (χ0) is 12.4. The van der Waals surface area contributed by atoms with Gasteiger partial charge in [0.05, 0.1) is 0 Å². The highest BCUT2D eigenvalue weighted by atomic mass is 32.1. The van der Waals surface area contributed by atoms with Gasteiger partial charge in [0.25, 0.3) is 0 Å². The molecule has 1 aliphatic rings. The van der Waals surface area contributed by atoms with Gasteiger partial charge in [0.1, 0.15) is 0 Å². The Morgan fingerprint density at radius 2 is 2.12 bits per heavy atom. The van der Waals surface area contributed by atoms with Crippen LogP contribution >= 0.6 is 12.6 Å². The second-order valence-electron chi connectivity index (χ2n) is 4.97. The second-order valence-corrected chi connectivity index (χ2v) is 5.34. The predicted octanol–water partition coefficient (Wildman–Crippen LogP) is 3.09. The molecular weight excluding hydrogens is 230 g/mol. The first kappa shape index (κ1) is 12.5. The minimum atomic E-state index is 0.233. The number of amides is 1. The summed E-state index contributed by atoms with van der Waals surface area (Å²) in [6, 6.07) is 8.20. The van der Waals surface area contributed by atoms with Gasteiger partial charge >= 0.3 is 0 Å². The first-order valence-electron chi connectivity index (χ1n) is 6.13. The van der Waals surface area contributed by atoms with E-state index in [2.05, 4.69) is 32.5 Å². The first-order chi connectivity index (χ1) is 8.13. The number of thiol groups is 1. The summed E-state index contributed by atoms with van der Waals surface area (Å²) in [7, 11) is 0. The van der Waals surface area contributed by atoms with E-state index in [0.29, 0.717) is 18.3 Å². The minimum absolute atomic E-state index is 0.233. The maximum Gasteiger partial charge on any atom is 0.227 e. The number of nitrogens with zero attached hydrogens (tertiary/aromatic N) is 1. The summed E-state index contributed by atoms with van der Waals surface area (Å²) in [5.41, 5.74) is 2.33. The molecule has 2 rings (SSSR count). The van der Waals surface area contributed by atoms with Crippen molar-refractivity contribution in [3.8, 4) is 0 Å². The number of hydrogen-bond acceptors (Lipinski definition) is 2. The highest BCUT2D eigenvalue weighted by Gasteiger charge is 2.30. The Bertz CT molecular complexity index is 416. The van der Waals surface area contributed by atoms with Gasteiger partial charge in [-0.15, -0.1) is 0 Å². The van der Waals surface area contributed by atoms with Gasteiger partial charge in [-0.05, 0) is 29.2 Å². The average molecular weight is 249 g/mol. The lowest BCUT2D eigenvalue weighted by Crippen LogP contribution is -2.26. The summed E-state index contributed by atoms with van der Waals surface area (Å²) in [6.45, 7) is 5.14. The average Bonchev–Trinajstić information content (AvgIpc) is 2.70. The molecule has 1 aromatic rings. The van der Waals surface area contributed by atoms with E-state index in [1.54, 1.807) is 0 Å². The fourth-order valence-electron chi connectivity index (χ4n) is 2.36. The topological polar surface area (TPSA) is 20.3 Å². The Kier molecular flexibility index (Phi) is 3.77. The second kappa shape index (κ2) is 5.13. The number of para-hydroxylation sites is 1. The molecule has 0 spiro atoms. The van der Waals surface area contributed by atoms with Gasteiger partial charge in [-0.2, -0.15) is 12.6 Å². The first-order valence-corrected chi connectivity index (χ1v) is 6.77.